The topological polar surface area (TPSA) is 71.5 Å². The lowest BCUT2D eigenvalue weighted by molar-refractivity contribution is -0.132. The van der Waals surface area contributed by atoms with E-state index in [0.29, 0.717) is 11.6 Å². The maximum atomic E-state index is 11.8. The number of rotatable bonds is 5. The van der Waals surface area contributed by atoms with E-state index in [9.17, 15) is 9.59 Å². The first kappa shape index (κ1) is 13.9. The summed E-state index contributed by atoms with van der Waals surface area (Å²) < 4.78 is 5.38. The number of pyridine rings is 1. The van der Waals surface area contributed by atoms with Gasteiger partial charge >= 0.3 is 0 Å². The SMILES string of the molecule is O=C(Nc1ccc(OCC(=O)N2CCCC2)nc1)C1CC1. The van der Waals surface area contributed by atoms with Gasteiger partial charge in [0.1, 0.15) is 0 Å². The second kappa shape index (κ2) is 6.11. The Morgan fingerprint density at radius 3 is 2.67 bits per heavy atom. The van der Waals surface area contributed by atoms with Gasteiger partial charge in [0.2, 0.25) is 11.8 Å². The smallest absolute Gasteiger partial charge is 0.260 e. The van der Waals surface area contributed by atoms with Crippen molar-refractivity contribution in [3.05, 3.63) is 18.3 Å². The van der Waals surface area contributed by atoms with E-state index in [0.717, 1.165) is 38.8 Å². The van der Waals surface area contributed by atoms with Crippen LogP contribution >= 0.6 is 0 Å². The Bertz CT molecular complexity index is 519. The molecule has 1 N–H and O–H groups in total. The number of hydrogen-bond acceptors (Lipinski definition) is 4. The molecule has 1 saturated carbocycles. The van der Waals surface area contributed by atoms with Crippen LogP contribution in [-0.4, -0.2) is 41.4 Å². The fraction of sp³-hybridized carbons (Fsp3) is 0.533. The largest absolute Gasteiger partial charge is 0.468 e. The molecule has 0 unspecified atom stereocenters. The molecule has 0 spiro atoms. The molecule has 1 saturated heterocycles. The van der Waals surface area contributed by atoms with Crippen LogP contribution in [-0.2, 0) is 9.59 Å². The van der Waals surface area contributed by atoms with E-state index in [1.807, 2.05) is 4.90 Å². The second-order valence-electron chi connectivity index (χ2n) is 5.53. The van der Waals surface area contributed by atoms with E-state index in [-0.39, 0.29) is 24.3 Å². The summed E-state index contributed by atoms with van der Waals surface area (Å²) in [6, 6.07) is 3.41. The van der Waals surface area contributed by atoms with Gasteiger partial charge in [-0.3, -0.25) is 9.59 Å². The quantitative estimate of drug-likeness (QED) is 0.890. The Morgan fingerprint density at radius 1 is 1.29 bits per heavy atom. The van der Waals surface area contributed by atoms with Crippen molar-refractivity contribution in [2.45, 2.75) is 25.7 Å². The van der Waals surface area contributed by atoms with Crippen molar-refractivity contribution in [3.8, 4) is 5.88 Å². The summed E-state index contributed by atoms with van der Waals surface area (Å²) in [5, 5.41) is 2.81. The Labute approximate surface area is 123 Å². The monoisotopic (exact) mass is 289 g/mol. The molecule has 1 aromatic heterocycles. The van der Waals surface area contributed by atoms with Crippen molar-refractivity contribution in [2.24, 2.45) is 5.92 Å². The summed E-state index contributed by atoms with van der Waals surface area (Å²) in [5.41, 5.74) is 0.658. The first-order chi connectivity index (χ1) is 10.2. The molecule has 6 heteroatoms. The van der Waals surface area contributed by atoms with Gasteiger partial charge in [-0.1, -0.05) is 0 Å². The highest BCUT2D eigenvalue weighted by atomic mass is 16.5. The first-order valence-corrected chi connectivity index (χ1v) is 7.40. The number of ether oxygens (including phenoxy) is 1. The minimum atomic E-state index is 0.000382. The van der Waals surface area contributed by atoms with Crippen molar-refractivity contribution in [1.82, 2.24) is 9.88 Å². The molecule has 0 bridgehead atoms. The zero-order chi connectivity index (χ0) is 14.7. The van der Waals surface area contributed by atoms with Gasteiger partial charge < -0.3 is 15.0 Å². The van der Waals surface area contributed by atoms with Crippen LogP contribution in [0, 0.1) is 5.92 Å². The third kappa shape index (κ3) is 3.71. The van der Waals surface area contributed by atoms with Gasteiger partial charge in [-0.15, -0.1) is 0 Å². The second-order valence-corrected chi connectivity index (χ2v) is 5.53. The van der Waals surface area contributed by atoms with Crippen molar-refractivity contribution in [3.63, 3.8) is 0 Å². The lowest BCUT2D eigenvalue weighted by Crippen LogP contribution is -2.32. The van der Waals surface area contributed by atoms with Gasteiger partial charge in [-0.25, -0.2) is 4.98 Å². The standard InChI is InChI=1S/C15H19N3O3/c19-14(18-7-1-2-8-18)10-21-13-6-5-12(9-16-13)17-15(20)11-3-4-11/h5-6,9,11H,1-4,7-8,10H2,(H,17,20). The molecular weight excluding hydrogens is 270 g/mol. The summed E-state index contributed by atoms with van der Waals surface area (Å²) in [6.07, 6.45) is 5.63. The zero-order valence-electron chi connectivity index (χ0n) is 11.9. The maximum absolute atomic E-state index is 11.8. The number of nitrogens with one attached hydrogen (secondary N) is 1. The summed E-state index contributed by atoms with van der Waals surface area (Å²) >= 11 is 0. The number of carbonyl (C=O) groups is 2. The van der Waals surface area contributed by atoms with Crippen LogP contribution in [0.5, 0.6) is 5.88 Å². The molecule has 2 amide bonds. The van der Waals surface area contributed by atoms with Crippen molar-refractivity contribution in [1.29, 1.82) is 0 Å². The van der Waals surface area contributed by atoms with Crippen LogP contribution in [0.2, 0.25) is 0 Å². The molecule has 0 aromatic carbocycles. The van der Waals surface area contributed by atoms with Gasteiger partial charge in [0, 0.05) is 25.1 Å². The minimum absolute atomic E-state index is 0.000382. The number of amides is 2. The molecule has 0 radical (unpaired) electrons. The molecule has 2 fully saturated rings. The summed E-state index contributed by atoms with van der Waals surface area (Å²) in [4.78, 5) is 29.3. The number of aromatic nitrogens is 1. The van der Waals surface area contributed by atoms with Crippen molar-refractivity contribution in [2.75, 3.05) is 25.0 Å². The molecule has 1 aliphatic carbocycles. The first-order valence-electron chi connectivity index (χ1n) is 7.40. The summed E-state index contributed by atoms with van der Waals surface area (Å²) in [5.74, 6) is 0.612. The predicted octanol–water partition coefficient (Wildman–Crippen LogP) is 1.43. The minimum Gasteiger partial charge on any atom is -0.468 e. The van der Waals surface area contributed by atoms with Gasteiger partial charge in [0.05, 0.1) is 11.9 Å². The number of hydrogen-bond donors (Lipinski definition) is 1. The molecule has 0 atom stereocenters. The Hall–Kier alpha value is -2.11. The van der Waals surface area contributed by atoms with Crippen LogP contribution in [0.1, 0.15) is 25.7 Å². The third-order valence-electron chi connectivity index (χ3n) is 3.75. The summed E-state index contributed by atoms with van der Waals surface area (Å²) in [7, 11) is 0. The van der Waals surface area contributed by atoms with Gasteiger partial charge in [-0.05, 0) is 31.7 Å². The van der Waals surface area contributed by atoms with E-state index >= 15 is 0 Å². The highest BCUT2D eigenvalue weighted by Gasteiger charge is 2.29. The van der Waals surface area contributed by atoms with Crippen molar-refractivity contribution >= 4 is 17.5 Å². The molecule has 2 heterocycles. The Morgan fingerprint density at radius 2 is 2.05 bits per heavy atom. The maximum Gasteiger partial charge on any atom is 0.260 e. The van der Waals surface area contributed by atoms with Crippen molar-refractivity contribution < 1.29 is 14.3 Å². The van der Waals surface area contributed by atoms with E-state index in [4.69, 9.17) is 4.74 Å². The molecule has 1 aromatic rings. The van der Waals surface area contributed by atoms with Gasteiger partial charge in [0.15, 0.2) is 6.61 Å². The number of carbonyl (C=O) groups excluding carboxylic acids is 2. The molecule has 112 valence electrons. The van der Waals surface area contributed by atoms with E-state index in [2.05, 4.69) is 10.3 Å². The Kier molecular flexibility index (Phi) is 4.03. The predicted molar refractivity (Wildman–Crippen MR) is 76.9 cm³/mol. The van der Waals surface area contributed by atoms with Crippen LogP contribution in [0.3, 0.4) is 0 Å². The van der Waals surface area contributed by atoms with E-state index < -0.39 is 0 Å². The number of likely N-dealkylation sites (tertiary alicyclic amines) is 1. The molecule has 3 rings (SSSR count). The normalized spacial score (nSPS) is 17.6. The van der Waals surface area contributed by atoms with Crippen LogP contribution in [0.15, 0.2) is 18.3 Å². The third-order valence-corrected chi connectivity index (χ3v) is 3.75. The van der Waals surface area contributed by atoms with Crippen LogP contribution < -0.4 is 10.1 Å². The zero-order valence-corrected chi connectivity index (χ0v) is 11.9. The van der Waals surface area contributed by atoms with E-state index in [1.54, 1.807) is 18.3 Å². The fourth-order valence-electron chi connectivity index (χ4n) is 2.32. The van der Waals surface area contributed by atoms with Crippen LogP contribution in [0.4, 0.5) is 5.69 Å². The van der Waals surface area contributed by atoms with E-state index in [1.165, 1.54) is 0 Å². The average molecular weight is 289 g/mol. The fourth-order valence-corrected chi connectivity index (χ4v) is 2.32. The summed E-state index contributed by atoms with van der Waals surface area (Å²) in [6.45, 7) is 1.66. The van der Waals surface area contributed by atoms with Gasteiger partial charge in [0.25, 0.3) is 5.91 Å². The molecule has 1 aliphatic heterocycles. The number of anilines is 1. The molecular formula is C15H19N3O3. The highest BCUT2D eigenvalue weighted by Crippen LogP contribution is 2.30. The highest BCUT2D eigenvalue weighted by molar-refractivity contribution is 5.93. The number of nitrogens with zero attached hydrogens (tertiary/aromatic N) is 2. The lowest BCUT2D eigenvalue weighted by atomic mass is 10.3. The van der Waals surface area contributed by atoms with Gasteiger partial charge in [-0.2, -0.15) is 0 Å². The molecule has 2 aliphatic rings. The Balaban J connectivity index is 1.47. The molecule has 21 heavy (non-hydrogen) atoms. The average Bonchev–Trinajstić information content (AvgIpc) is 3.21. The molecule has 6 nitrogen and oxygen atoms in total. The van der Waals surface area contributed by atoms with Crippen LogP contribution in [0.25, 0.3) is 0 Å². The lowest BCUT2D eigenvalue weighted by Gasteiger charge is -2.15.